The van der Waals surface area contributed by atoms with Gasteiger partial charge >= 0.3 is 0 Å². The highest BCUT2D eigenvalue weighted by Crippen LogP contribution is 2.41. The quantitative estimate of drug-likeness (QED) is 0.618. The summed E-state index contributed by atoms with van der Waals surface area (Å²) in [7, 11) is 0. The fourth-order valence-electron chi connectivity index (χ4n) is 2.50. The van der Waals surface area contributed by atoms with Crippen LogP contribution in [0, 0.1) is 11.3 Å². The van der Waals surface area contributed by atoms with Crippen molar-refractivity contribution in [2.75, 3.05) is 0 Å². The minimum atomic E-state index is 0.380. The number of hydrogen-bond donors (Lipinski definition) is 1. The summed E-state index contributed by atoms with van der Waals surface area (Å²) < 4.78 is 0. The van der Waals surface area contributed by atoms with Crippen molar-refractivity contribution in [1.82, 2.24) is 0 Å². The molecule has 0 aliphatic heterocycles. The lowest BCUT2D eigenvalue weighted by atomic mass is 9.66. The monoisotopic (exact) mass is 155 g/mol. The van der Waals surface area contributed by atoms with Gasteiger partial charge in [0.1, 0.15) is 0 Å². The largest absolute Gasteiger partial charge is 0.328 e. The van der Waals surface area contributed by atoms with Crippen LogP contribution >= 0.6 is 0 Å². The van der Waals surface area contributed by atoms with Gasteiger partial charge in [-0.05, 0) is 31.1 Å². The van der Waals surface area contributed by atoms with Crippen molar-refractivity contribution in [2.24, 2.45) is 17.1 Å². The van der Waals surface area contributed by atoms with Crippen molar-refractivity contribution in [1.29, 1.82) is 0 Å². The molecule has 11 heavy (non-hydrogen) atoms. The first kappa shape index (κ1) is 9.05. The van der Waals surface area contributed by atoms with Crippen molar-refractivity contribution >= 4 is 0 Å². The van der Waals surface area contributed by atoms with Gasteiger partial charge in [0.15, 0.2) is 0 Å². The Morgan fingerprint density at radius 2 is 2.00 bits per heavy atom. The molecule has 0 saturated heterocycles. The van der Waals surface area contributed by atoms with Gasteiger partial charge in [-0.25, -0.2) is 0 Å². The zero-order chi connectivity index (χ0) is 8.48. The van der Waals surface area contributed by atoms with Crippen molar-refractivity contribution in [3.63, 3.8) is 0 Å². The second kappa shape index (κ2) is 3.14. The van der Waals surface area contributed by atoms with Gasteiger partial charge in [-0.3, -0.25) is 0 Å². The van der Waals surface area contributed by atoms with Crippen LogP contribution in [0.5, 0.6) is 0 Å². The molecule has 1 aliphatic carbocycles. The fourth-order valence-corrected chi connectivity index (χ4v) is 2.50. The Morgan fingerprint density at radius 3 is 2.36 bits per heavy atom. The maximum atomic E-state index is 5.94. The Kier molecular flexibility index (Phi) is 2.58. The van der Waals surface area contributed by atoms with Crippen LogP contribution in [-0.2, 0) is 0 Å². The highest BCUT2D eigenvalue weighted by Gasteiger charge is 2.33. The summed E-state index contributed by atoms with van der Waals surface area (Å²) in [6.07, 6.45) is 5.48. The van der Waals surface area contributed by atoms with E-state index < -0.39 is 0 Å². The first-order chi connectivity index (χ1) is 5.04. The second-order valence-corrected chi connectivity index (χ2v) is 4.70. The Bertz CT molecular complexity index is 127. The van der Waals surface area contributed by atoms with E-state index in [2.05, 4.69) is 20.8 Å². The minimum Gasteiger partial charge on any atom is -0.328 e. The van der Waals surface area contributed by atoms with Crippen molar-refractivity contribution < 1.29 is 0 Å². The molecule has 1 fully saturated rings. The Labute approximate surface area is 70.4 Å². The highest BCUT2D eigenvalue weighted by atomic mass is 14.7. The maximum absolute atomic E-state index is 5.94. The summed E-state index contributed by atoms with van der Waals surface area (Å²) >= 11 is 0. The van der Waals surface area contributed by atoms with Crippen LogP contribution in [0.15, 0.2) is 0 Å². The lowest BCUT2D eigenvalue weighted by Crippen LogP contribution is -2.39. The van der Waals surface area contributed by atoms with E-state index in [9.17, 15) is 0 Å². The van der Waals surface area contributed by atoms with Crippen LogP contribution in [0.1, 0.15) is 46.5 Å². The van der Waals surface area contributed by atoms with E-state index in [1.165, 1.54) is 25.7 Å². The highest BCUT2D eigenvalue weighted by molar-refractivity contribution is 4.86. The van der Waals surface area contributed by atoms with E-state index >= 15 is 0 Å². The topological polar surface area (TPSA) is 26.0 Å². The van der Waals surface area contributed by atoms with Gasteiger partial charge in [0.2, 0.25) is 0 Å². The zero-order valence-corrected chi connectivity index (χ0v) is 8.06. The molecule has 0 bridgehead atoms. The van der Waals surface area contributed by atoms with E-state index in [1.54, 1.807) is 0 Å². The van der Waals surface area contributed by atoms with Crippen LogP contribution in [-0.4, -0.2) is 6.04 Å². The first-order valence-corrected chi connectivity index (χ1v) is 4.79. The Morgan fingerprint density at radius 1 is 1.36 bits per heavy atom. The molecule has 1 rings (SSSR count). The van der Waals surface area contributed by atoms with Crippen molar-refractivity contribution in [2.45, 2.75) is 52.5 Å². The summed E-state index contributed by atoms with van der Waals surface area (Å²) in [5, 5.41) is 0. The molecule has 0 aromatic rings. The lowest BCUT2D eigenvalue weighted by molar-refractivity contribution is 0.118. The summed E-state index contributed by atoms with van der Waals surface area (Å²) in [6, 6.07) is 0.380. The summed E-state index contributed by atoms with van der Waals surface area (Å²) in [5.74, 6) is 0.747. The molecule has 1 nitrogen and oxygen atoms in total. The van der Waals surface area contributed by atoms with E-state index in [4.69, 9.17) is 5.73 Å². The summed E-state index contributed by atoms with van der Waals surface area (Å²) in [4.78, 5) is 0. The molecular formula is C10H21N. The van der Waals surface area contributed by atoms with Gasteiger partial charge in [0.05, 0.1) is 0 Å². The zero-order valence-electron chi connectivity index (χ0n) is 8.06. The molecule has 2 atom stereocenters. The third-order valence-corrected chi connectivity index (χ3v) is 3.22. The van der Waals surface area contributed by atoms with Gasteiger partial charge in [0, 0.05) is 6.04 Å². The van der Waals surface area contributed by atoms with Gasteiger partial charge in [0.25, 0.3) is 0 Å². The second-order valence-electron chi connectivity index (χ2n) is 4.70. The number of nitrogens with two attached hydrogens (primary N) is 1. The molecule has 0 amide bonds. The molecule has 0 aromatic heterocycles. The smallest absolute Gasteiger partial charge is 0.00438 e. The SMILES string of the molecule is C[C@H](N)C1CCCCC1(C)C. The van der Waals surface area contributed by atoms with Crippen LogP contribution in [0.4, 0.5) is 0 Å². The Balaban J connectivity index is 2.60. The molecule has 1 unspecified atom stereocenters. The van der Waals surface area contributed by atoms with Gasteiger partial charge in [-0.2, -0.15) is 0 Å². The predicted molar refractivity (Wildman–Crippen MR) is 49.4 cm³/mol. The molecule has 66 valence electrons. The molecule has 1 heteroatoms. The molecule has 0 spiro atoms. The van der Waals surface area contributed by atoms with E-state index in [0.29, 0.717) is 11.5 Å². The van der Waals surface area contributed by atoms with Crippen LogP contribution in [0.25, 0.3) is 0 Å². The molecule has 0 radical (unpaired) electrons. The van der Waals surface area contributed by atoms with E-state index in [0.717, 1.165) is 5.92 Å². The minimum absolute atomic E-state index is 0.380. The molecule has 1 aliphatic rings. The predicted octanol–water partition coefficient (Wildman–Crippen LogP) is 2.55. The van der Waals surface area contributed by atoms with Gasteiger partial charge in [-0.1, -0.05) is 26.7 Å². The molecule has 0 heterocycles. The third kappa shape index (κ3) is 1.96. The molecule has 0 aromatic carbocycles. The lowest BCUT2D eigenvalue weighted by Gasteiger charge is -2.40. The third-order valence-electron chi connectivity index (χ3n) is 3.22. The normalized spacial score (nSPS) is 33.3. The van der Waals surface area contributed by atoms with Crippen LogP contribution in [0.3, 0.4) is 0 Å². The van der Waals surface area contributed by atoms with Gasteiger partial charge < -0.3 is 5.73 Å². The fraction of sp³-hybridized carbons (Fsp3) is 1.00. The van der Waals surface area contributed by atoms with Crippen molar-refractivity contribution in [3.8, 4) is 0 Å². The number of hydrogen-bond acceptors (Lipinski definition) is 1. The Hall–Kier alpha value is -0.0400. The average Bonchev–Trinajstić information content (AvgIpc) is 1.85. The molecular weight excluding hydrogens is 134 g/mol. The first-order valence-electron chi connectivity index (χ1n) is 4.79. The van der Waals surface area contributed by atoms with E-state index in [-0.39, 0.29) is 0 Å². The van der Waals surface area contributed by atoms with Crippen LogP contribution < -0.4 is 5.73 Å². The molecule has 2 N–H and O–H groups in total. The number of rotatable bonds is 1. The molecule has 1 saturated carbocycles. The van der Waals surface area contributed by atoms with Gasteiger partial charge in [-0.15, -0.1) is 0 Å². The summed E-state index contributed by atoms with van der Waals surface area (Å²) in [5.41, 5.74) is 6.44. The maximum Gasteiger partial charge on any atom is 0.00438 e. The van der Waals surface area contributed by atoms with Crippen LogP contribution in [0.2, 0.25) is 0 Å². The summed E-state index contributed by atoms with van der Waals surface area (Å²) in [6.45, 7) is 6.87. The average molecular weight is 155 g/mol. The van der Waals surface area contributed by atoms with Crippen molar-refractivity contribution in [3.05, 3.63) is 0 Å². The van der Waals surface area contributed by atoms with E-state index in [1.807, 2.05) is 0 Å². The standard InChI is InChI=1S/C10H21N/c1-8(11)9-6-4-5-7-10(9,2)3/h8-9H,4-7,11H2,1-3H3/t8-,9?/m0/s1.